The van der Waals surface area contributed by atoms with Crippen LogP contribution in [0.2, 0.25) is 0 Å². The molecule has 4 nitrogen and oxygen atoms in total. The molecule has 60 heavy (non-hydrogen) atoms. The molecular weight excluding hydrogens is 731 g/mol. The molecule has 1 aromatic heterocycles. The lowest BCUT2D eigenvalue weighted by atomic mass is 9.66. The van der Waals surface area contributed by atoms with Crippen molar-refractivity contribution in [2.24, 2.45) is 0 Å². The Balaban J connectivity index is 0.975. The molecule has 0 amide bonds. The molecule has 1 aliphatic heterocycles. The predicted molar refractivity (Wildman–Crippen MR) is 242 cm³/mol. The summed E-state index contributed by atoms with van der Waals surface area (Å²) in [5, 5.41) is 2.28. The SMILES string of the molecule is C1=CCC(c2nc(-c3ccc(-c4ccc5c(c4)C4(c6ccccc6O5)c5ccccc5-c5ccccc54)cc3)nc(-c3ccc(-c4ccccc4)c4ccccc34)n2)C=C1. The van der Waals surface area contributed by atoms with Crippen molar-refractivity contribution in [3.63, 3.8) is 0 Å². The van der Waals surface area contributed by atoms with Crippen LogP contribution < -0.4 is 4.74 Å². The van der Waals surface area contributed by atoms with Gasteiger partial charge in [-0.1, -0.05) is 182 Å². The smallest absolute Gasteiger partial charge is 0.164 e. The number of allylic oxidation sites excluding steroid dienone is 4. The van der Waals surface area contributed by atoms with Crippen molar-refractivity contribution in [1.82, 2.24) is 15.0 Å². The summed E-state index contributed by atoms with van der Waals surface area (Å²) in [6, 6.07) is 65.0. The van der Waals surface area contributed by atoms with Gasteiger partial charge in [0, 0.05) is 28.2 Å². The van der Waals surface area contributed by atoms with Crippen molar-refractivity contribution in [2.75, 3.05) is 0 Å². The van der Waals surface area contributed by atoms with Gasteiger partial charge in [0.25, 0.3) is 0 Å². The highest BCUT2D eigenvalue weighted by atomic mass is 16.5. The fourth-order valence-electron chi connectivity index (χ4n) is 9.79. The molecule has 0 N–H and O–H groups in total. The molecule has 282 valence electrons. The summed E-state index contributed by atoms with van der Waals surface area (Å²) in [6.45, 7) is 0. The standard InChI is InChI=1S/C56H37N3O/c1-3-15-37(16-4-1)41-32-33-46(43-20-8-7-19-42(41)43)55-58-53(38-17-5-2-6-18-38)57-54(59-55)39-29-27-36(28-30-39)40-31-34-52-50(35-40)56(49-25-13-14-26-51(49)60-52)47-23-11-9-21-44(47)45-22-10-12-24-48(45)56/h1-17,19-35,38H,18H2. The number of benzene rings is 8. The van der Waals surface area contributed by atoms with Gasteiger partial charge in [0.05, 0.1) is 5.41 Å². The maximum atomic E-state index is 6.70. The van der Waals surface area contributed by atoms with Crippen LogP contribution in [0.3, 0.4) is 0 Å². The van der Waals surface area contributed by atoms with Crippen molar-refractivity contribution in [1.29, 1.82) is 0 Å². The second kappa shape index (κ2) is 13.7. The molecule has 2 aliphatic carbocycles. The van der Waals surface area contributed by atoms with Crippen LogP contribution in [0.4, 0.5) is 0 Å². The van der Waals surface area contributed by atoms with Crippen molar-refractivity contribution >= 4 is 10.8 Å². The van der Waals surface area contributed by atoms with E-state index in [1.165, 1.54) is 38.8 Å². The molecule has 12 rings (SSSR count). The van der Waals surface area contributed by atoms with E-state index < -0.39 is 5.41 Å². The van der Waals surface area contributed by atoms with Crippen LogP contribution in [0, 0.1) is 0 Å². The molecule has 1 unspecified atom stereocenters. The number of fused-ring (bicyclic) bond motifs is 10. The zero-order valence-electron chi connectivity index (χ0n) is 32.7. The molecule has 1 atom stereocenters. The quantitative estimate of drug-likeness (QED) is 0.175. The van der Waals surface area contributed by atoms with Gasteiger partial charge in [0.1, 0.15) is 17.3 Å². The monoisotopic (exact) mass is 767 g/mol. The summed E-state index contributed by atoms with van der Waals surface area (Å²) in [5.41, 5.74) is 13.4. The number of ether oxygens (including phenoxy) is 1. The first kappa shape index (κ1) is 34.4. The van der Waals surface area contributed by atoms with E-state index in [4.69, 9.17) is 19.7 Å². The maximum absolute atomic E-state index is 6.70. The second-order valence-corrected chi connectivity index (χ2v) is 15.8. The Hall–Kier alpha value is -7.69. The summed E-state index contributed by atoms with van der Waals surface area (Å²) in [6.07, 6.45) is 9.39. The maximum Gasteiger partial charge on any atom is 0.164 e. The Morgan fingerprint density at radius 3 is 1.77 bits per heavy atom. The van der Waals surface area contributed by atoms with E-state index in [1.807, 2.05) is 0 Å². The number of hydrogen-bond acceptors (Lipinski definition) is 4. The van der Waals surface area contributed by atoms with Crippen molar-refractivity contribution in [3.8, 4) is 67.7 Å². The lowest BCUT2D eigenvalue weighted by Crippen LogP contribution is -2.32. The highest BCUT2D eigenvalue weighted by molar-refractivity contribution is 6.04. The van der Waals surface area contributed by atoms with E-state index in [0.717, 1.165) is 62.5 Å². The van der Waals surface area contributed by atoms with Crippen LogP contribution in [0.15, 0.2) is 206 Å². The van der Waals surface area contributed by atoms with Crippen LogP contribution in [-0.4, -0.2) is 15.0 Å². The Morgan fingerprint density at radius 1 is 0.417 bits per heavy atom. The van der Waals surface area contributed by atoms with E-state index >= 15 is 0 Å². The Kier molecular flexibility index (Phi) is 7.85. The number of aromatic nitrogens is 3. The predicted octanol–water partition coefficient (Wildman–Crippen LogP) is 13.8. The van der Waals surface area contributed by atoms with Crippen molar-refractivity contribution in [3.05, 3.63) is 234 Å². The molecule has 2 heterocycles. The van der Waals surface area contributed by atoms with Crippen molar-refractivity contribution < 1.29 is 4.74 Å². The number of hydrogen-bond donors (Lipinski definition) is 0. The highest BCUT2D eigenvalue weighted by Gasteiger charge is 2.51. The Morgan fingerprint density at radius 2 is 1.02 bits per heavy atom. The van der Waals surface area contributed by atoms with Crippen LogP contribution in [0.25, 0.3) is 66.9 Å². The van der Waals surface area contributed by atoms with E-state index in [9.17, 15) is 0 Å². The lowest BCUT2D eigenvalue weighted by molar-refractivity contribution is 0.436. The van der Waals surface area contributed by atoms with E-state index in [-0.39, 0.29) is 5.92 Å². The molecule has 9 aromatic rings. The van der Waals surface area contributed by atoms with Crippen LogP contribution in [0.1, 0.15) is 40.4 Å². The Labute approximate surface area is 348 Å². The van der Waals surface area contributed by atoms with Crippen LogP contribution in [-0.2, 0) is 5.41 Å². The number of nitrogens with zero attached hydrogens (tertiary/aromatic N) is 3. The topological polar surface area (TPSA) is 47.9 Å². The van der Waals surface area contributed by atoms with Gasteiger partial charge < -0.3 is 4.74 Å². The highest BCUT2D eigenvalue weighted by Crippen LogP contribution is 2.62. The summed E-state index contributed by atoms with van der Waals surface area (Å²) < 4.78 is 6.70. The zero-order chi connectivity index (χ0) is 39.6. The average Bonchev–Trinajstić information content (AvgIpc) is 3.62. The van der Waals surface area contributed by atoms with Gasteiger partial charge in [-0.2, -0.15) is 0 Å². The summed E-state index contributed by atoms with van der Waals surface area (Å²) in [4.78, 5) is 15.5. The molecule has 0 fully saturated rings. The van der Waals surface area contributed by atoms with Crippen LogP contribution in [0.5, 0.6) is 11.5 Å². The third-order valence-electron chi connectivity index (χ3n) is 12.5. The third-order valence-corrected chi connectivity index (χ3v) is 12.5. The van der Waals surface area contributed by atoms with Crippen molar-refractivity contribution in [2.45, 2.75) is 17.8 Å². The molecule has 0 saturated carbocycles. The third kappa shape index (κ3) is 5.27. The van der Waals surface area contributed by atoms with Gasteiger partial charge in [-0.25, -0.2) is 15.0 Å². The summed E-state index contributed by atoms with van der Waals surface area (Å²) in [5.74, 6) is 3.94. The molecule has 3 aliphatic rings. The van der Waals surface area contributed by atoms with Gasteiger partial charge in [-0.05, 0) is 86.0 Å². The molecule has 0 saturated heterocycles. The second-order valence-electron chi connectivity index (χ2n) is 15.8. The van der Waals surface area contributed by atoms with Gasteiger partial charge in [-0.15, -0.1) is 0 Å². The molecule has 4 heteroatoms. The zero-order valence-corrected chi connectivity index (χ0v) is 32.7. The minimum atomic E-state index is -0.517. The summed E-state index contributed by atoms with van der Waals surface area (Å²) >= 11 is 0. The normalized spacial score (nSPS) is 15.2. The van der Waals surface area contributed by atoms with Gasteiger partial charge >= 0.3 is 0 Å². The minimum Gasteiger partial charge on any atom is -0.457 e. The van der Waals surface area contributed by atoms with E-state index in [2.05, 4.69) is 206 Å². The minimum absolute atomic E-state index is 0.0608. The van der Waals surface area contributed by atoms with Gasteiger partial charge in [0.2, 0.25) is 0 Å². The first-order valence-corrected chi connectivity index (χ1v) is 20.6. The fourth-order valence-corrected chi connectivity index (χ4v) is 9.79. The van der Waals surface area contributed by atoms with Gasteiger partial charge in [0.15, 0.2) is 11.6 Å². The van der Waals surface area contributed by atoms with Crippen LogP contribution >= 0.6 is 0 Å². The van der Waals surface area contributed by atoms with Gasteiger partial charge in [-0.3, -0.25) is 0 Å². The average molecular weight is 768 g/mol. The molecule has 8 aromatic carbocycles. The summed E-state index contributed by atoms with van der Waals surface area (Å²) in [7, 11) is 0. The first-order valence-electron chi connectivity index (χ1n) is 20.6. The molecular formula is C56H37N3O. The Bertz CT molecular complexity index is 3170. The first-order chi connectivity index (χ1) is 29.7. The van der Waals surface area contributed by atoms with E-state index in [1.54, 1.807) is 0 Å². The molecule has 0 bridgehead atoms. The lowest BCUT2D eigenvalue weighted by Gasteiger charge is -2.39. The molecule has 0 radical (unpaired) electrons. The fraction of sp³-hybridized carbons (Fsp3) is 0.0536. The molecule has 1 spiro atoms. The largest absolute Gasteiger partial charge is 0.457 e. The number of para-hydroxylation sites is 1. The van der Waals surface area contributed by atoms with E-state index in [0.29, 0.717) is 11.6 Å². The number of rotatable bonds is 5.